The van der Waals surface area contributed by atoms with Gasteiger partial charge >= 0.3 is 0 Å². The number of aryl methyl sites for hydroxylation is 1. The van der Waals surface area contributed by atoms with Gasteiger partial charge in [-0.1, -0.05) is 30.3 Å². The highest BCUT2D eigenvalue weighted by Gasteiger charge is 2.20. The number of nitrogens with one attached hydrogen (secondary N) is 1. The maximum Gasteiger partial charge on any atom is 0.198 e. The fraction of sp³-hybridized carbons (Fsp3) is 0.421. The number of aromatic nitrogens is 1. The normalized spacial score (nSPS) is 15.8. The van der Waals surface area contributed by atoms with Crippen LogP contribution in [0.4, 0.5) is 0 Å². The molecule has 1 unspecified atom stereocenters. The van der Waals surface area contributed by atoms with Crippen LogP contribution in [0.5, 0.6) is 5.75 Å². The minimum Gasteiger partial charge on any atom is -0.464 e. The standard InChI is InChI=1S/C19H24N2O3/c1-2-15-13-17(24-21-15)10-7-14-5-3-4-6-18(14)23-19(22)11-12-20-16-8-9-16/h3-7,10,13,16,19-20,22H,2,8-9,11-12H2,1H3. The average molecular weight is 328 g/mol. The first kappa shape index (κ1) is 16.7. The number of rotatable bonds is 9. The van der Waals surface area contributed by atoms with Crippen LogP contribution in [0.2, 0.25) is 0 Å². The van der Waals surface area contributed by atoms with Crippen LogP contribution in [0, 0.1) is 0 Å². The van der Waals surface area contributed by atoms with Crippen LogP contribution < -0.4 is 10.1 Å². The second-order valence-corrected chi connectivity index (χ2v) is 6.03. The Labute approximate surface area is 142 Å². The summed E-state index contributed by atoms with van der Waals surface area (Å²) in [6, 6.07) is 10.2. The van der Waals surface area contributed by atoms with Gasteiger partial charge in [-0.2, -0.15) is 0 Å². The summed E-state index contributed by atoms with van der Waals surface area (Å²) >= 11 is 0. The van der Waals surface area contributed by atoms with Gasteiger partial charge in [0.1, 0.15) is 5.75 Å². The summed E-state index contributed by atoms with van der Waals surface area (Å²) in [5.41, 5.74) is 1.82. The molecule has 5 nitrogen and oxygen atoms in total. The zero-order valence-corrected chi connectivity index (χ0v) is 13.9. The number of benzene rings is 1. The average Bonchev–Trinajstić information content (AvgIpc) is 3.30. The molecule has 1 atom stereocenters. The zero-order chi connectivity index (χ0) is 16.8. The maximum absolute atomic E-state index is 10.1. The van der Waals surface area contributed by atoms with E-state index in [2.05, 4.69) is 10.5 Å². The van der Waals surface area contributed by atoms with E-state index in [0.717, 1.165) is 24.2 Å². The van der Waals surface area contributed by atoms with Crippen molar-refractivity contribution in [1.82, 2.24) is 10.5 Å². The van der Waals surface area contributed by atoms with E-state index in [-0.39, 0.29) is 0 Å². The number of aliphatic hydroxyl groups is 1. The van der Waals surface area contributed by atoms with Crippen molar-refractivity contribution in [2.45, 2.75) is 44.9 Å². The molecule has 2 N–H and O–H groups in total. The number of ether oxygens (including phenoxy) is 1. The van der Waals surface area contributed by atoms with Crippen LogP contribution in [-0.4, -0.2) is 29.1 Å². The second-order valence-electron chi connectivity index (χ2n) is 6.03. The van der Waals surface area contributed by atoms with E-state index in [4.69, 9.17) is 9.26 Å². The summed E-state index contributed by atoms with van der Waals surface area (Å²) in [7, 11) is 0. The largest absolute Gasteiger partial charge is 0.464 e. The zero-order valence-electron chi connectivity index (χ0n) is 13.9. The molecule has 1 saturated carbocycles. The second kappa shape index (κ2) is 8.13. The third-order valence-corrected chi connectivity index (χ3v) is 3.95. The lowest BCUT2D eigenvalue weighted by molar-refractivity contribution is -0.0225. The van der Waals surface area contributed by atoms with E-state index >= 15 is 0 Å². The monoisotopic (exact) mass is 328 g/mol. The Morgan fingerprint density at radius 3 is 2.96 bits per heavy atom. The Bertz CT molecular complexity index is 677. The molecule has 0 bridgehead atoms. The summed E-state index contributed by atoms with van der Waals surface area (Å²) in [4.78, 5) is 0. The van der Waals surface area contributed by atoms with E-state index in [0.29, 0.717) is 24.0 Å². The summed E-state index contributed by atoms with van der Waals surface area (Å²) in [6.45, 7) is 2.80. The minimum atomic E-state index is -0.817. The van der Waals surface area contributed by atoms with Crippen molar-refractivity contribution in [2.24, 2.45) is 0 Å². The van der Waals surface area contributed by atoms with Gasteiger partial charge in [0.25, 0.3) is 0 Å². The van der Waals surface area contributed by atoms with Gasteiger partial charge in [0.05, 0.1) is 5.69 Å². The van der Waals surface area contributed by atoms with Crippen molar-refractivity contribution in [2.75, 3.05) is 6.54 Å². The molecular formula is C19H24N2O3. The smallest absolute Gasteiger partial charge is 0.198 e. The van der Waals surface area contributed by atoms with Crippen LogP contribution in [0.15, 0.2) is 34.9 Å². The minimum absolute atomic E-state index is 0.566. The molecule has 0 aliphatic heterocycles. The predicted octanol–water partition coefficient (Wildman–Crippen LogP) is 3.25. The molecule has 1 aromatic heterocycles. The Kier molecular flexibility index (Phi) is 5.67. The molecule has 3 rings (SSSR count). The van der Waals surface area contributed by atoms with Crippen molar-refractivity contribution in [3.05, 3.63) is 47.3 Å². The van der Waals surface area contributed by atoms with Crippen molar-refractivity contribution in [3.63, 3.8) is 0 Å². The summed E-state index contributed by atoms with van der Waals surface area (Å²) in [5.74, 6) is 1.36. The van der Waals surface area contributed by atoms with Crippen molar-refractivity contribution in [3.8, 4) is 5.75 Å². The number of para-hydroxylation sites is 1. The fourth-order valence-electron chi connectivity index (χ4n) is 2.37. The Balaban J connectivity index is 1.59. The first-order valence-electron chi connectivity index (χ1n) is 8.55. The van der Waals surface area contributed by atoms with Crippen LogP contribution in [0.25, 0.3) is 12.2 Å². The molecule has 1 aliphatic rings. The van der Waals surface area contributed by atoms with Crippen molar-refractivity contribution >= 4 is 12.2 Å². The van der Waals surface area contributed by atoms with Gasteiger partial charge in [0, 0.05) is 30.6 Å². The molecule has 1 aliphatic carbocycles. The first-order valence-corrected chi connectivity index (χ1v) is 8.55. The molecular weight excluding hydrogens is 304 g/mol. The first-order chi connectivity index (χ1) is 11.7. The quantitative estimate of drug-likeness (QED) is 0.692. The molecule has 0 saturated heterocycles. The molecule has 24 heavy (non-hydrogen) atoms. The Hall–Kier alpha value is -2.11. The van der Waals surface area contributed by atoms with E-state index in [9.17, 15) is 5.11 Å². The van der Waals surface area contributed by atoms with Crippen LogP contribution in [0.3, 0.4) is 0 Å². The highest BCUT2D eigenvalue weighted by molar-refractivity contribution is 5.70. The fourth-order valence-corrected chi connectivity index (χ4v) is 2.37. The lowest BCUT2D eigenvalue weighted by Gasteiger charge is -2.15. The maximum atomic E-state index is 10.1. The van der Waals surface area contributed by atoms with E-state index in [1.165, 1.54) is 12.8 Å². The number of hydrogen-bond acceptors (Lipinski definition) is 5. The number of hydrogen-bond donors (Lipinski definition) is 2. The molecule has 1 heterocycles. The van der Waals surface area contributed by atoms with Crippen molar-refractivity contribution < 1.29 is 14.4 Å². The van der Waals surface area contributed by atoms with Crippen LogP contribution >= 0.6 is 0 Å². The molecule has 1 fully saturated rings. The van der Waals surface area contributed by atoms with Crippen molar-refractivity contribution in [1.29, 1.82) is 0 Å². The van der Waals surface area contributed by atoms with Gasteiger partial charge in [0.15, 0.2) is 12.1 Å². The molecule has 0 spiro atoms. The molecule has 0 radical (unpaired) electrons. The van der Waals surface area contributed by atoms with Gasteiger partial charge in [0.2, 0.25) is 0 Å². The molecule has 0 amide bonds. The number of aliphatic hydroxyl groups excluding tert-OH is 1. The Morgan fingerprint density at radius 2 is 2.21 bits per heavy atom. The third kappa shape index (κ3) is 4.94. The third-order valence-electron chi connectivity index (χ3n) is 3.95. The summed E-state index contributed by atoms with van der Waals surface area (Å²) in [5, 5.41) is 17.4. The van der Waals surface area contributed by atoms with E-state index in [1.54, 1.807) is 0 Å². The van der Waals surface area contributed by atoms with Crippen LogP contribution in [-0.2, 0) is 6.42 Å². The van der Waals surface area contributed by atoms with E-state index < -0.39 is 6.29 Å². The summed E-state index contributed by atoms with van der Waals surface area (Å²) in [6.07, 6.45) is 6.84. The molecule has 1 aromatic carbocycles. The summed E-state index contributed by atoms with van der Waals surface area (Å²) < 4.78 is 10.9. The van der Waals surface area contributed by atoms with Gasteiger partial charge < -0.3 is 19.7 Å². The van der Waals surface area contributed by atoms with Gasteiger partial charge in [-0.3, -0.25) is 0 Å². The molecule has 128 valence electrons. The van der Waals surface area contributed by atoms with Gasteiger partial charge in [-0.05, 0) is 37.5 Å². The predicted molar refractivity (Wildman–Crippen MR) is 93.5 cm³/mol. The molecule has 2 aromatic rings. The van der Waals surface area contributed by atoms with Gasteiger partial charge in [-0.15, -0.1) is 0 Å². The lowest BCUT2D eigenvalue weighted by atomic mass is 10.1. The number of nitrogens with zero attached hydrogens (tertiary/aromatic N) is 1. The van der Waals surface area contributed by atoms with E-state index in [1.807, 2.05) is 49.4 Å². The van der Waals surface area contributed by atoms with Crippen LogP contribution in [0.1, 0.15) is 43.2 Å². The highest BCUT2D eigenvalue weighted by atomic mass is 16.6. The lowest BCUT2D eigenvalue weighted by Crippen LogP contribution is -2.25. The highest BCUT2D eigenvalue weighted by Crippen LogP contribution is 2.23. The molecule has 5 heteroatoms. The topological polar surface area (TPSA) is 67.5 Å². The SMILES string of the molecule is CCc1cc(C=Cc2ccccc2OC(O)CCNC2CC2)on1. The van der Waals surface area contributed by atoms with Gasteiger partial charge in [-0.25, -0.2) is 0 Å². The Morgan fingerprint density at radius 1 is 1.38 bits per heavy atom.